The van der Waals surface area contributed by atoms with Crippen LogP contribution in [-0.4, -0.2) is 86.7 Å². The number of piperazine rings is 1. The van der Waals surface area contributed by atoms with E-state index in [1.807, 2.05) is 0 Å². The minimum Gasteiger partial charge on any atom is -0.464 e. The smallest absolute Gasteiger partial charge is 0.307 e. The van der Waals surface area contributed by atoms with Gasteiger partial charge in [0, 0.05) is 39.3 Å². The molecule has 0 bridgehead atoms. The lowest BCUT2D eigenvalue weighted by atomic mass is 10.1. The Balaban J connectivity index is 2.19. The van der Waals surface area contributed by atoms with Crippen molar-refractivity contribution in [1.82, 2.24) is 14.7 Å². The first kappa shape index (κ1) is 47.3. The molecule has 0 aromatic heterocycles. The quantitative estimate of drug-likeness (QED) is 0.0367. The molecule has 51 heavy (non-hydrogen) atoms. The maximum absolute atomic E-state index is 12.5. The molecule has 0 spiro atoms. The molecule has 5 nitrogen and oxygen atoms in total. The van der Waals surface area contributed by atoms with Crippen LogP contribution in [0.15, 0.2) is 48.6 Å². The van der Waals surface area contributed by atoms with Gasteiger partial charge in [-0.2, -0.15) is 0 Å². The SMILES string of the molecule is CCCCC/C=C\C/C=C\CCCCCCCCN(CCCCCCCC/C=C\C/C=C\CCCCC)CCOC(=O)CCN1CCN(C)CC1. The number of esters is 1. The molecule has 5 heteroatoms. The minimum atomic E-state index is -0.0312. The van der Waals surface area contributed by atoms with Gasteiger partial charge < -0.3 is 14.5 Å². The van der Waals surface area contributed by atoms with E-state index in [0.29, 0.717) is 13.0 Å². The molecule has 0 aliphatic carbocycles. The van der Waals surface area contributed by atoms with E-state index < -0.39 is 0 Å². The first-order valence-corrected chi connectivity index (χ1v) is 22.0. The molecule has 1 heterocycles. The van der Waals surface area contributed by atoms with E-state index in [-0.39, 0.29) is 5.97 Å². The Labute approximate surface area is 318 Å². The summed E-state index contributed by atoms with van der Waals surface area (Å²) in [6.07, 6.45) is 50.2. The molecule has 0 N–H and O–H groups in total. The van der Waals surface area contributed by atoms with E-state index in [0.717, 1.165) is 65.2 Å². The van der Waals surface area contributed by atoms with Crippen molar-refractivity contribution in [3.05, 3.63) is 48.6 Å². The van der Waals surface area contributed by atoms with Gasteiger partial charge in [0.1, 0.15) is 6.61 Å². The van der Waals surface area contributed by atoms with Crippen LogP contribution in [0.4, 0.5) is 0 Å². The van der Waals surface area contributed by atoms with Crippen LogP contribution in [0.3, 0.4) is 0 Å². The van der Waals surface area contributed by atoms with Gasteiger partial charge in [-0.1, -0.05) is 140 Å². The molecule has 1 rings (SSSR count). The highest BCUT2D eigenvalue weighted by Gasteiger charge is 2.15. The van der Waals surface area contributed by atoms with Gasteiger partial charge in [-0.3, -0.25) is 9.69 Å². The van der Waals surface area contributed by atoms with Crippen LogP contribution in [0.5, 0.6) is 0 Å². The molecule has 1 saturated heterocycles. The van der Waals surface area contributed by atoms with E-state index >= 15 is 0 Å². The van der Waals surface area contributed by atoms with Gasteiger partial charge in [0.2, 0.25) is 0 Å². The third-order valence-corrected chi connectivity index (χ3v) is 10.2. The number of likely N-dealkylation sites (N-methyl/N-ethyl adjacent to an activating group) is 1. The fraction of sp³-hybridized carbons (Fsp3) is 0.804. The second-order valence-electron chi connectivity index (χ2n) is 15.1. The molecule has 0 aromatic carbocycles. The number of hydrogen-bond acceptors (Lipinski definition) is 5. The summed E-state index contributed by atoms with van der Waals surface area (Å²) in [6, 6.07) is 0. The molecule has 1 fully saturated rings. The first-order valence-electron chi connectivity index (χ1n) is 22.0. The highest BCUT2D eigenvalue weighted by molar-refractivity contribution is 5.69. The number of allylic oxidation sites excluding steroid dienone is 8. The number of hydrogen-bond donors (Lipinski definition) is 0. The molecule has 296 valence electrons. The lowest BCUT2D eigenvalue weighted by Gasteiger charge is -2.32. The number of carbonyl (C=O) groups excluding carboxylic acids is 1. The Morgan fingerprint density at radius 3 is 1.39 bits per heavy atom. The fourth-order valence-electron chi connectivity index (χ4n) is 6.66. The van der Waals surface area contributed by atoms with E-state index in [1.165, 1.54) is 141 Å². The Bertz CT molecular complexity index is 811. The Kier molecular flexibility index (Phi) is 35.3. The first-order chi connectivity index (χ1) is 25.2. The summed E-state index contributed by atoms with van der Waals surface area (Å²) in [5, 5.41) is 0. The van der Waals surface area contributed by atoms with Gasteiger partial charge in [0.15, 0.2) is 0 Å². The summed E-state index contributed by atoms with van der Waals surface area (Å²) >= 11 is 0. The molecule has 1 aliphatic heterocycles. The second kappa shape index (κ2) is 38.0. The average Bonchev–Trinajstić information content (AvgIpc) is 3.14. The molecule has 0 aromatic rings. The normalized spacial score (nSPS) is 14.8. The summed E-state index contributed by atoms with van der Waals surface area (Å²) in [5.41, 5.74) is 0. The van der Waals surface area contributed by atoms with Gasteiger partial charge in [0.25, 0.3) is 0 Å². The van der Waals surface area contributed by atoms with Crippen LogP contribution >= 0.6 is 0 Å². The summed E-state index contributed by atoms with van der Waals surface area (Å²) in [5.74, 6) is -0.0312. The molecule has 0 unspecified atom stereocenters. The van der Waals surface area contributed by atoms with Crippen molar-refractivity contribution in [3.8, 4) is 0 Å². The zero-order valence-corrected chi connectivity index (χ0v) is 34.3. The topological polar surface area (TPSA) is 36.0 Å². The van der Waals surface area contributed by atoms with Crippen LogP contribution in [0.2, 0.25) is 0 Å². The molecule has 1 aliphatic rings. The van der Waals surface area contributed by atoms with Gasteiger partial charge in [-0.15, -0.1) is 0 Å². The van der Waals surface area contributed by atoms with Crippen molar-refractivity contribution in [3.63, 3.8) is 0 Å². The van der Waals surface area contributed by atoms with Gasteiger partial charge >= 0.3 is 5.97 Å². The van der Waals surface area contributed by atoms with Crippen molar-refractivity contribution < 1.29 is 9.53 Å². The van der Waals surface area contributed by atoms with Crippen molar-refractivity contribution in [2.24, 2.45) is 0 Å². The monoisotopic (exact) mass is 712 g/mol. The van der Waals surface area contributed by atoms with Crippen molar-refractivity contribution in [1.29, 1.82) is 0 Å². The second-order valence-corrected chi connectivity index (χ2v) is 15.1. The zero-order chi connectivity index (χ0) is 36.7. The zero-order valence-electron chi connectivity index (χ0n) is 34.3. The minimum absolute atomic E-state index is 0.0312. The summed E-state index contributed by atoms with van der Waals surface area (Å²) in [4.78, 5) is 19.8. The standard InChI is InChI=1S/C46H85N3O2/c1-4-6-8-10-12-14-16-18-20-22-24-26-28-30-32-34-37-48(44-45-51-46(50)36-39-49-42-40-47(3)41-43-49)38-35-33-31-29-27-25-23-21-19-17-15-13-11-9-7-5-2/h12-15,18-21H,4-11,16-17,22-45H2,1-3H3/b14-12-,15-13-,20-18-,21-19-. The highest BCUT2D eigenvalue weighted by atomic mass is 16.5. The van der Waals surface area contributed by atoms with Crippen molar-refractivity contribution in [2.45, 2.75) is 174 Å². The van der Waals surface area contributed by atoms with Crippen molar-refractivity contribution >= 4 is 5.97 Å². The number of nitrogens with zero attached hydrogens (tertiary/aromatic N) is 3. The maximum atomic E-state index is 12.5. The van der Waals surface area contributed by atoms with Crippen LogP contribution in [0.25, 0.3) is 0 Å². The van der Waals surface area contributed by atoms with Gasteiger partial charge in [-0.25, -0.2) is 0 Å². The van der Waals surface area contributed by atoms with Crippen LogP contribution in [0, 0.1) is 0 Å². The summed E-state index contributed by atoms with van der Waals surface area (Å²) in [6.45, 7) is 13.3. The van der Waals surface area contributed by atoms with Crippen LogP contribution in [0.1, 0.15) is 174 Å². The Hall–Kier alpha value is -1.69. The predicted molar refractivity (Wildman–Crippen MR) is 225 cm³/mol. The lowest BCUT2D eigenvalue weighted by molar-refractivity contribution is -0.144. The Morgan fingerprint density at radius 1 is 0.529 bits per heavy atom. The lowest BCUT2D eigenvalue weighted by Crippen LogP contribution is -2.45. The Morgan fingerprint density at radius 2 is 0.941 bits per heavy atom. The molecule has 0 saturated carbocycles. The molecular weight excluding hydrogens is 627 g/mol. The third kappa shape index (κ3) is 33.9. The van der Waals surface area contributed by atoms with Crippen LogP contribution < -0.4 is 0 Å². The average molecular weight is 712 g/mol. The molecule has 0 atom stereocenters. The number of ether oxygens (including phenoxy) is 1. The molecule has 0 amide bonds. The van der Waals surface area contributed by atoms with Crippen LogP contribution in [-0.2, 0) is 9.53 Å². The van der Waals surface area contributed by atoms with E-state index in [9.17, 15) is 4.79 Å². The largest absolute Gasteiger partial charge is 0.464 e. The van der Waals surface area contributed by atoms with Gasteiger partial charge in [-0.05, 0) is 97.2 Å². The molecule has 0 radical (unpaired) electrons. The fourth-order valence-corrected chi connectivity index (χ4v) is 6.66. The third-order valence-electron chi connectivity index (χ3n) is 10.2. The van der Waals surface area contributed by atoms with Crippen molar-refractivity contribution in [2.75, 3.05) is 66.0 Å². The maximum Gasteiger partial charge on any atom is 0.307 e. The number of carbonyl (C=O) groups is 1. The summed E-state index contributed by atoms with van der Waals surface area (Å²) in [7, 11) is 2.17. The van der Waals surface area contributed by atoms with E-state index in [2.05, 4.69) is 84.2 Å². The number of unbranched alkanes of at least 4 members (excludes halogenated alkanes) is 18. The summed E-state index contributed by atoms with van der Waals surface area (Å²) < 4.78 is 5.71. The van der Waals surface area contributed by atoms with Gasteiger partial charge in [0.05, 0.1) is 6.42 Å². The van der Waals surface area contributed by atoms with E-state index in [4.69, 9.17) is 4.74 Å². The van der Waals surface area contributed by atoms with E-state index in [1.54, 1.807) is 0 Å². The number of rotatable bonds is 36. The predicted octanol–water partition coefficient (Wildman–Crippen LogP) is 12.1. The molecular formula is C46H85N3O2. The highest BCUT2D eigenvalue weighted by Crippen LogP contribution is 2.12.